The number of anilines is 1. The highest BCUT2D eigenvalue weighted by Crippen LogP contribution is 2.26. The van der Waals surface area contributed by atoms with Gasteiger partial charge in [0.15, 0.2) is 9.84 Å². The van der Waals surface area contributed by atoms with Gasteiger partial charge in [-0.25, -0.2) is 12.6 Å². The summed E-state index contributed by atoms with van der Waals surface area (Å²) in [4.78, 5) is 0.0791. The number of hydrogen-bond acceptors (Lipinski definition) is 4. The van der Waals surface area contributed by atoms with E-state index in [1.807, 2.05) is 0 Å². The minimum atomic E-state index is -3.39. The Morgan fingerprint density at radius 2 is 2.12 bits per heavy atom. The lowest BCUT2D eigenvalue weighted by atomic mass is 10.1. The molecule has 1 aromatic carbocycles. The van der Waals surface area contributed by atoms with Crippen LogP contribution in [0, 0.1) is 0 Å². The lowest BCUT2D eigenvalue weighted by Gasteiger charge is -2.17. The quantitative estimate of drug-likeness (QED) is 0.729. The van der Waals surface area contributed by atoms with E-state index in [0.717, 1.165) is 6.26 Å². The summed E-state index contributed by atoms with van der Waals surface area (Å²) in [5.41, 5.74) is 6.28. The van der Waals surface area contributed by atoms with E-state index in [1.165, 1.54) is 6.07 Å². The number of rotatable bonds is 1. The van der Waals surface area contributed by atoms with Crippen molar-refractivity contribution >= 4 is 32.5 Å². The summed E-state index contributed by atoms with van der Waals surface area (Å²) in [6.45, 7) is 0. The first-order chi connectivity index (χ1) is 7.39. The van der Waals surface area contributed by atoms with Crippen LogP contribution in [0.1, 0.15) is 5.56 Å². The molecule has 0 aromatic heterocycles. The molecule has 6 nitrogen and oxygen atoms in total. The van der Waals surface area contributed by atoms with Crippen molar-refractivity contribution in [3.63, 3.8) is 0 Å². The molecule has 1 aliphatic heterocycles. The van der Waals surface area contributed by atoms with Gasteiger partial charge in [0.05, 0.1) is 16.1 Å². The molecule has 0 radical (unpaired) electrons. The van der Waals surface area contributed by atoms with E-state index in [0.29, 0.717) is 5.69 Å². The van der Waals surface area contributed by atoms with Gasteiger partial charge in [-0.1, -0.05) is 6.07 Å². The van der Waals surface area contributed by atoms with Gasteiger partial charge in [0, 0.05) is 6.26 Å². The Labute approximate surface area is 95.2 Å². The van der Waals surface area contributed by atoms with Crippen molar-refractivity contribution in [1.82, 2.24) is 0 Å². The average Bonchev–Trinajstić information content (AvgIpc) is 2.14. The van der Waals surface area contributed by atoms with Crippen molar-refractivity contribution < 1.29 is 12.6 Å². The minimum absolute atomic E-state index is 0.0342. The fourth-order valence-electron chi connectivity index (χ4n) is 1.44. The van der Waals surface area contributed by atoms with Crippen molar-refractivity contribution in [1.29, 1.82) is 0 Å². The highest BCUT2D eigenvalue weighted by molar-refractivity contribution is 7.90. The number of fused-ring (bicyclic) bond motifs is 1. The number of nitrogens with two attached hydrogens (primary N) is 1. The molecule has 0 saturated heterocycles. The van der Waals surface area contributed by atoms with Crippen LogP contribution in [0.4, 0.5) is 5.69 Å². The van der Waals surface area contributed by atoms with E-state index < -0.39 is 21.0 Å². The zero-order valence-corrected chi connectivity index (χ0v) is 9.93. The fourth-order valence-corrected chi connectivity index (χ4v) is 3.03. The molecule has 0 fully saturated rings. The number of hydrogen-bond donors (Lipinski definition) is 2. The molecule has 0 amide bonds. The molecule has 0 bridgehead atoms. The van der Waals surface area contributed by atoms with Gasteiger partial charge >= 0.3 is 0 Å². The first-order valence-corrected chi connectivity index (χ1v) is 7.25. The van der Waals surface area contributed by atoms with E-state index >= 15 is 0 Å². The maximum atomic E-state index is 11.5. The Morgan fingerprint density at radius 1 is 1.44 bits per heavy atom. The molecular formula is C8H9N3O3S2. The zero-order valence-electron chi connectivity index (χ0n) is 8.30. The molecular weight excluding hydrogens is 250 g/mol. The summed E-state index contributed by atoms with van der Waals surface area (Å²) in [6, 6.07) is 4.59. The lowest BCUT2D eigenvalue weighted by molar-refractivity contribution is 0.601. The molecule has 0 aliphatic carbocycles. The summed E-state index contributed by atoms with van der Waals surface area (Å²) in [5.74, 6) is -0.0342. The predicted octanol–water partition coefficient (Wildman–Crippen LogP) is -0.200. The van der Waals surface area contributed by atoms with Gasteiger partial charge in [0.1, 0.15) is 5.84 Å². The average molecular weight is 259 g/mol. The molecule has 16 heavy (non-hydrogen) atoms. The molecule has 0 saturated carbocycles. The van der Waals surface area contributed by atoms with E-state index in [-0.39, 0.29) is 16.3 Å². The molecule has 8 heteroatoms. The van der Waals surface area contributed by atoms with Gasteiger partial charge in [-0.05, 0) is 12.1 Å². The maximum absolute atomic E-state index is 11.5. The predicted molar refractivity (Wildman–Crippen MR) is 62.0 cm³/mol. The Morgan fingerprint density at radius 3 is 2.75 bits per heavy atom. The van der Waals surface area contributed by atoms with Gasteiger partial charge in [-0.2, -0.15) is 4.40 Å². The standard InChI is InChI=1S/C8H9N3O3S2/c1-16(13,14)6-4-2-3-5-7(6)8(9)11-15(12)10-5/h2-4,10H,1H3,(H2,9,11). The Kier molecular flexibility index (Phi) is 2.47. The first-order valence-electron chi connectivity index (χ1n) is 4.26. The van der Waals surface area contributed by atoms with Crippen molar-refractivity contribution in [2.75, 3.05) is 11.0 Å². The SMILES string of the molecule is CS(=O)(=O)c1cccc2c1C(N)=NS(=O)N2. The topological polar surface area (TPSA) is 102 Å². The highest BCUT2D eigenvalue weighted by atomic mass is 32.2. The normalized spacial score (nSPS) is 19.6. The summed E-state index contributed by atoms with van der Waals surface area (Å²) >= 11 is -1.65. The summed E-state index contributed by atoms with van der Waals surface area (Å²) in [7, 11) is -3.39. The molecule has 1 atom stereocenters. The molecule has 86 valence electrons. The fraction of sp³-hybridized carbons (Fsp3) is 0.125. The Bertz CT molecular complexity index is 607. The number of nitrogens with one attached hydrogen (secondary N) is 1. The van der Waals surface area contributed by atoms with Crippen molar-refractivity contribution in [2.24, 2.45) is 10.1 Å². The van der Waals surface area contributed by atoms with Crippen molar-refractivity contribution in [3.8, 4) is 0 Å². The number of sulfone groups is 1. The van der Waals surface area contributed by atoms with Crippen LogP contribution in [0.5, 0.6) is 0 Å². The second-order valence-corrected chi connectivity index (χ2v) is 6.15. The minimum Gasteiger partial charge on any atom is -0.382 e. The maximum Gasteiger partial charge on any atom is 0.244 e. The lowest BCUT2D eigenvalue weighted by Crippen LogP contribution is -2.25. The third kappa shape index (κ3) is 1.81. The highest BCUT2D eigenvalue weighted by Gasteiger charge is 2.23. The number of nitrogens with zero attached hydrogens (tertiary/aromatic N) is 1. The van der Waals surface area contributed by atoms with Gasteiger partial charge in [-0.3, -0.25) is 4.72 Å². The van der Waals surface area contributed by atoms with E-state index in [2.05, 4.69) is 9.12 Å². The van der Waals surface area contributed by atoms with Crippen LogP contribution >= 0.6 is 0 Å². The summed E-state index contributed by atoms with van der Waals surface area (Å²) in [6.07, 6.45) is 1.08. The van der Waals surface area contributed by atoms with Crippen molar-refractivity contribution in [2.45, 2.75) is 4.90 Å². The molecule has 1 aliphatic rings. The third-order valence-corrected chi connectivity index (χ3v) is 3.96. The van der Waals surface area contributed by atoms with Crippen LogP contribution in [-0.4, -0.2) is 24.7 Å². The number of benzene rings is 1. The molecule has 3 N–H and O–H groups in total. The molecule has 1 aromatic rings. The summed E-state index contributed by atoms with van der Waals surface area (Å²) < 4.78 is 40.3. The van der Waals surface area contributed by atoms with E-state index in [1.54, 1.807) is 12.1 Å². The monoisotopic (exact) mass is 259 g/mol. The Hall–Kier alpha value is -1.41. The summed E-state index contributed by atoms with van der Waals surface area (Å²) in [5, 5.41) is 0. The first kappa shape index (κ1) is 11.1. The van der Waals surface area contributed by atoms with Gasteiger partial charge in [0.25, 0.3) is 0 Å². The largest absolute Gasteiger partial charge is 0.382 e. The zero-order chi connectivity index (χ0) is 11.9. The van der Waals surface area contributed by atoms with Crippen LogP contribution in [0.15, 0.2) is 27.5 Å². The van der Waals surface area contributed by atoms with Crippen LogP contribution in [0.25, 0.3) is 0 Å². The van der Waals surface area contributed by atoms with E-state index in [4.69, 9.17) is 5.73 Å². The van der Waals surface area contributed by atoms with Crippen LogP contribution in [0.2, 0.25) is 0 Å². The molecule has 1 unspecified atom stereocenters. The van der Waals surface area contributed by atoms with Crippen molar-refractivity contribution in [3.05, 3.63) is 23.8 Å². The van der Waals surface area contributed by atoms with Gasteiger partial charge in [0.2, 0.25) is 11.2 Å². The second-order valence-electron chi connectivity index (χ2n) is 3.28. The van der Waals surface area contributed by atoms with E-state index in [9.17, 15) is 12.6 Å². The van der Waals surface area contributed by atoms with Gasteiger partial charge < -0.3 is 5.73 Å². The molecule has 1 heterocycles. The molecule has 2 rings (SSSR count). The van der Waals surface area contributed by atoms with Crippen LogP contribution in [0.3, 0.4) is 0 Å². The third-order valence-electron chi connectivity index (χ3n) is 2.06. The molecule has 0 spiro atoms. The number of amidine groups is 1. The van der Waals surface area contributed by atoms with Crippen LogP contribution in [-0.2, 0) is 21.0 Å². The Balaban J connectivity index is 2.78. The van der Waals surface area contributed by atoms with Gasteiger partial charge in [-0.15, -0.1) is 0 Å². The smallest absolute Gasteiger partial charge is 0.244 e. The second kappa shape index (κ2) is 3.56. The van der Waals surface area contributed by atoms with Crippen LogP contribution < -0.4 is 10.5 Å².